The quantitative estimate of drug-likeness (QED) is 0.582. The summed E-state index contributed by atoms with van der Waals surface area (Å²) in [5, 5.41) is 3.04. The Bertz CT molecular complexity index is 332. The fraction of sp³-hybridized carbons (Fsp3) is 0.455. The average molecular weight is 230 g/mol. The highest BCUT2D eigenvalue weighted by Crippen LogP contribution is 2.16. The van der Waals surface area contributed by atoms with E-state index in [1.54, 1.807) is 0 Å². The summed E-state index contributed by atoms with van der Waals surface area (Å²) in [6.45, 7) is 2.13. The molecule has 16 heavy (non-hydrogen) atoms. The van der Waals surface area contributed by atoms with E-state index in [0.29, 0.717) is 12.2 Å². The SMILES string of the molecule is Cc1ccc(NCCOCC(F)F)cc1N. The second kappa shape index (κ2) is 6.27. The van der Waals surface area contributed by atoms with Crippen molar-refractivity contribution >= 4 is 11.4 Å². The first-order valence-corrected chi connectivity index (χ1v) is 5.05. The van der Waals surface area contributed by atoms with Gasteiger partial charge in [-0.15, -0.1) is 0 Å². The molecule has 0 amide bonds. The zero-order valence-corrected chi connectivity index (χ0v) is 9.17. The summed E-state index contributed by atoms with van der Waals surface area (Å²) < 4.78 is 28.2. The predicted octanol–water partition coefficient (Wildman–Crippen LogP) is 2.27. The van der Waals surface area contributed by atoms with Crippen LogP contribution in [0.15, 0.2) is 18.2 Å². The summed E-state index contributed by atoms with van der Waals surface area (Å²) >= 11 is 0. The van der Waals surface area contributed by atoms with Gasteiger partial charge in [-0.3, -0.25) is 0 Å². The molecule has 0 saturated heterocycles. The fourth-order valence-corrected chi connectivity index (χ4v) is 1.19. The minimum absolute atomic E-state index is 0.248. The molecule has 0 aliphatic carbocycles. The van der Waals surface area contributed by atoms with Gasteiger partial charge < -0.3 is 15.8 Å². The predicted molar refractivity (Wildman–Crippen MR) is 60.9 cm³/mol. The molecular weight excluding hydrogens is 214 g/mol. The molecule has 0 radical (unpaired) electrons. The number of ether oxygens (including phenoxy) is 1. The number of aryl methyl sites for hydroxylation is 1. The van der Waals surface area contributed by atoms with E-state index in [1.165, 1.54) is 0 Å². The van der Waals surface area contributed by atoms with Crippen LogP contribution in [0.2, 0.25) is 0 Å². The summed E-state index contributed by atoms with van der Waals surface area (Å²) in [5.41, 5.74) is 8.31. The van der Waals surface area contributed by atoms with Gasteiger partial charge >= 0.3 is 0 Å². The van der Waals surface area contributed by atoms with E-state index in [0.717, 1.165) is 11.3 Å². The Labute approximate surface area is 93.6 Å². The van der Waals surface area contributed by atoms with E-state index in [-0.39, 0.29) is 6.61 Å². The maximum absolute atomic E-state index is 11.7. The highest BCUT2D eigenvalue weighted by Gasteiger charge is 2.01. The summed E-state index contributed by atoms with van der Waals surface area (Å²) in [7, 11) is 0. The Morgan fingerprint density at radius 2 is 2.19 bits per heavy atom. The van der Waals surface area contributed by atoms with Crippen LogP contribution in [0.5, 0.6) is 0 Å². The van der Waals surface area contributed by atoms with E-state index < -0.39 is 13.0 Å². The normalized spacial score (nSPS) is 10.8. The van der Waals surface area contributed by atoms with Crippen LogP contribution < -0.4 is 11.1 Å². The van der Waals surface area contributed by atoms with Crippen molar-refractivity contribution in [1.82, 2.24) is 0 Å². The van der Waals surface area contributed by atoms with Crippen LogP contribution in [0.4, 0.5) is 20.2 Å². The van der Waals surface area contributed by atoms with E-state index in [4.69, 9.17) is 10.5 Å². The maximum atomic E-state index is 11.7. The van der Waals surface area contributed by atoms with E-state index in [2.05, 4.69) is 5.32 Å². The van der Waals surface area contributed by atoms with Crippen LogP contribution in [0.1, 0.15) is 5.56 Å². The molecule has 1 aromatic carbocycles. The summed E-state index contributed by atoms with van der Waals surface area (Å²) in [6, 6.07) is 5.60. The highest BCUT2D eigenvalue weighted by molar-refractivity contribution is 5.58. The van der Waals surface area contributed by atoms with Crippen LogP contribution >= 0.6 is 0 Å². The smallest absolute Gasteiger partial charge is 0.261 e. The first-order valence-electron chi connectivity index (χ1n) is 5.05. The number of hydrogen-bond donors (Lipinski definition) is 2. The van der Waals surface area contributed by atoms with E-state index in [9.17, 15) is 8.78 Å². The number of halogens is 2. The van der Waals surface area contributed by atoms with Gasteiger partial charge in [-0.05, 0) is 24.6 Å². The minimum atomic E-state index is -2.41. The van der Waals surface area contributed by atoms with Crippen molar-refractivity contribution in [3.05, 3.63) is 23.8 Å². The summed E-state index contributed by atoms with van der Waals surface area (Å²) in [4.78, 5) is 0. The Hall–Kier alpha value is -1.36. The Balaban J connectivity index is 2.24. The number of nitrogen functional groups attached to an aromatic ring is 1. The van der Waals surface area contributed by atoms with Crippen LogP contribution in [0, 0.1) is 6.92 Å². The monoisotopic (exact) mass is 230 g/mol. The Morgan fingerprint density at radius 3 is 2.81 bits per heavy atom. The van der Waals surface area contributed by atoms with Gasteiger partial charge in [0.15, 0.2) is 0 Å². The molecule has 1 aromatic rings. The zero-order chi connectivity index (χ0) is 12.0. The van der Waals surface area contributed by atoms with Crippen LogP contribution in [-0.4, -0.2) is 26.2 Å². The third-order valence-electron chi connectivity index (χ3n) is 2.10. The lowest BCUT2D eigenvalue weighted by atomic mass is 10.2. The van der Waals surface area contributed by atoms with Crippen LogP contribution in [0.25, 0.3) is 0 Å². The molecular formula is C11H16F2N2O. The van der Waals surface area contributed by atoms with Gasteiger partial charge in [0.05, 0.1) is 6.61 Å². The molecule has 0 atom stereocenters. The van der Waals surface area contributed by atoms with Crippen molar-refractivity contribution in [3.8, 4) is 0 Å². The van der Waals surface area contributed by atoms with Crippen LogP contribution in [0.3, 0.4) is 0 Å². The molecule has 1 rings (SSSR count). The molecule has 0 saturated carbocycles. The molecule has 0 heterocycles. The molecule has 0 aliphatic rings. The van der Waals surface area contributed by atoms with E-state index >= 15 is 0 Å². The maximum Gasteiger partial charge on any atom is 0.261 e. The lowest BCUT2D eigenvalue weighted by Crippen LogP contribution is -2.13. The van der Waals surface area contributed by atoms with Crippen molar-refractivity contribution in [2.45, 2.75) is 13.3 Å². The van der Waals surface area contributed by atoms with Gasteiger partial charge in [0, 0.05) is 17.9 Å². The van der Waals surface area contributed by atoms with Crippen molar-refractivity contribution in [3.63, 3.8) is 0 Å². The molecule has 3 nitrogen and oxygen atoms in total. The number of rotatable bonds is 6. The van der Waals surface area contributed by atoms with Gasteiger partial charge in [-0.25, -0.2) is 8.78 Å². The topological polar surface area (TPSA) is 47.3 Å². The zero-order valence-electron chi connectivity index (χ0n) is 9.17. The fourth-order valence-electron chi connectivity index (χ4n) is 1.19. The first kappa shape index (κ1) is 12.7. The third kappa shape index (κ3) is 4.44. The molecule has 0 aromatic heterocycles. The Kier molecular flexibility index (Phi) is 4.98. The second-order valence-corrected chi connectivity index (χ2v) is 3.46. The van der Waals surface area contributed by atoms with Crippen molar-refractivity contribution in [2.75, 3.05) is 30.8 Å². The van der Waals surface area contributed by atoms with Crippen LogP contribution in [-0.2, 0) is 4.74 Å². The standard InChI is InChI=1S/C11H16F2N2O/c1-8-2-3-9(6-10(8)14)15-4-5-16-7-11(12)13/h2-3,6,11,15H,4-5,7,14H2,1H3. The number of alkyl halides is 2. The Morgan fingerprint density at radius 1 is 1.44 bits per heavy atom. The number of nitrogens with one attached hydrogen (secondary N) is 1. The largest absolute Gasteiger partial charge is 0.398 e. The first-order chi connectivity index (χ1) is 7.59. The van der Waals surface area contributed by atoms with Crippen molar-refractivity contribution in [1.29, 1.82) is 0 Å². The lowest BCUT2D eigenvalue weighted by Gasteiger charge is -2.08. The molecule has 3 N–H and O–H groups in total. The van der Waals surface area contributed by atoms with Crippen molar-refractivity contribution in [2.24, 2.45) is 0 Å². The summed E-state index contributed by atoms with van der Waals surface area (Å²) in [5.74, 6) is 0. The van der Waals surface area contributed by atoms with Crippen molar-refractivity contribution < 1.29 is 13.5 Å². The molecule has 90 valence electrons. The highest BCUT2D eigenvalue weighted by atomic mass is 19.3. The van der Waals surface area contributed by atoms with Gasteiger partial charge in [-0.1, -0.05) is 6.07 Å². The number of anilines is 2. The van der Waals surface area contributed by atoms with Gasteiger partial charge in [0.25, 0.3) is 6.43 Å². The molecule has 5 heteroatoms. The number of hydrogen-bond acceptors (Lipinski definition) is 3. The second-order valence-electron chi connectivity index (χ2n) is 3.46. The van der Waals surface area contributed by atoms with Gasteiger partial charge in [0.2, 0.25) is 0 Å². The number of nitrogens with two attached hydrogens (primary N) is 1. The van der Waals surface area contributed by atoms with Gasteiger partial charge in [0.1, 0.15) is 6.61 Å². The average Bonchev–Trinajstić information content (AvgIpc) is 2.22. The molecule has 0 fully saturated rings. The lowest BCUT2D eigenvalue weighted by molar-refractivity contribution is 0.0215. The van der Waals surface area contributed by atoms with E-state index in [1.807, 2.05) is 25.1 Å². The summed E-state index contributed by atoms with van der Waals surface area (Å²) in [6.07, 6.45) is -2.41. The minimum Gasteiger partial charge on any atom is -0.398 e. The molecule has 0 bridgehead atoms. The van der Waals surface area contributed by atoms with Gasteiger partial charge in [-0.2, -0.15) is 0 Å². The molecule has 0 unspecified atom stereocenters. The third-order valence-corrected chi connectivity index (χ3v) is 2.10. The number of benzene rings is 1. The molecule has 0 spiro atoms. The molecule has 0 aliphatic heterocycles.